The molecule has 0 bridgehead atoms. The number of hydrogen-bond acceptors (Lipinski definition) is 6. The van der Waals surface area contributed by atoms with Gasteiger partial charge in [-0.3, -0.25) is 8.42 Å². The predicted molar refractivity (Wildman–Crippen MR) is 121 cm³/mol. The van der Waals surface area contributed by atoms with Gasteiger partial charge in [0.05, 0.1) is 45.3 Å². The Labute approximate surface area is 188 Å². The van der Waals surface area contributed by atoms with Gasteiger partial charge in [-0.2, -0.15) is 0 Å². The Morgan fingerprint density at radius 3 is 1.42 bits per heavy atom. The number of aliphatic hydroxyl groups excluding tert-OH is 2. The normalized spacial score (nSPS) is 24.5. The molecular formula is C23H30O6S2. The van der Waals surface area contributed by atoms with Crippen molar-refractivity contribution in [2.75, 3.05) is 11.5 Å². The van der Waals surface area contributed by atoms with Crippen molar-refractivity contribution in [3.05, 3.63) is 59.7 Å². The summed E-state index contributed by atoms with van der Waals surface area (Å²) in [5.74, 6) is -1.15. The zero-order valence-electron chi connectivity index (χ0n) is 18.2. The molecule has 0 saturated carbocycles. The molecule has 1 fully saturated rings. The molecule has 0 aliphatic carbocycles. The van der Waals surface area contributed by atoms with E-state index in [1.54, 1.807) is 38.1 Å². The van der Waals surface area contributed by atoms with Crippen LogP contribution in [0.3, 0.4) is 0 Å². The number of benzene rings is 2. The van der Waals surface area contributed by atoms with Gasteiger partial charge in [0.2, 0.25) is 0 Å². The Bertz CT molecular complexity index is 851. The maximum absolute atomic E-state index is 12.7. The average Bonchev–Trinajstić information content (AvgIpc) is 3.04. The van der Waals surface area contributed by atoms with Crippen molar-refractivity contribution in [1.82, 2.24) is 0 Å². The highest BCUT2D eigenvalue weighted by atomic mass is 32.2. The molecule has 1 aliphatic heterocycles. The van der Waals surface area contributed by atoms with Crippen molar-refractivity contribution >= 4 is 21.6 Å². The molecule has 1 saturated heterocycles. The lowest BCUT2D eigenvalue weighted by molar-refractivity contribution is -0.158. The molecule has 3 rings (SSSR count). The summed E-state index contributed by atoms with van der Waals surface area (Å²) >= 11 is 0. The van der Waals surface area contributed by atoms with Crippen LogP contribution in [0.2, 0.25) is 0 Å². The Morgan fingerprint density at radius 2 is 1.10 bits per heavy atom. The van der Waals surface area contributed by atoms with E-state index in [1.807, 2.05) is 38.1 Å². The minimum Gasteiger partial charge on any atom is -0.389 e. The van der Waals surface area contributed by atoms with Crippen molar-refractivity contribution in [3.63, 3.8) is 0 Å². The van der Waals surface area contributed by atoms with E-state index < -0.39 is 51.8 Å². The molecule has 6 atom stereocenters. The Balaban J connectivity index is 1.69. The molecule has 8 heteroatoms. The minimum atomic E-state index is -1.44. The molecule has 0 amide bonds. The van der Waals surface area contributed by atoms with Crippen LogP contribution in [0.25, 0.3) is 0 Å². The fraction of sp³-hybridized carbons (Fsp3) is 0.478. The molecule has 0 radical (unpaired) electrons. The molecule has 6 nitrogen and oxygen atoms in total. The zero-order valence-corrected chi connectivity index (χ0v) is 19.8. The van der Waals surface area contributed by atoms with Crippen LogP contribution in [-0.4, -0.2) is 60.3 Å². The van der Waals surface area contributed by atoms with E-state index in [9.17, 15) is 18.6 Å². The Morgan fingerprint density at radius 1 is 0.774 bits per heavy atom. The largest absolute Gasteiger partial charge is 0.389 e. The highest BCUT2D eigenvalue weighted by molar-refractivity contribution is 7.85. The summed E-state index contributed by atoms with van der Waals surface area (Å²) in [6, 6.07) is 14.5. The number of aliphatic hydroxyl groups is 2. The molecular weight excluding hydrogens is 436 g/mol. The van der Waals surface area contributed by atoms with Gasteiger partial charge in [-0.1, -0.05) is 35.4 Å². The van der Waals surface area contributed by atoms with Gasteiger partial charge in [0.25, 0.3) is 0 Å². The van der Waals surface area contributed by atoms with Crippen molar-refractivity contribution in [2.24, 2.45) is 0 Å². The molecule has 0 unspecified atom stereocenters. The average molecular weight is 467 g/mol. The number of hydrogen-bond donors (Lipinski definition) is 2. The van der Waals surface area contributed by atoms with Gasteiger partial charge in [0, 0.05) is 9.79 Å². The predicted octanol–water partition coefficient (Wildman–Crippen LogP) is 2.46. The van der Waals surface area contributed by atoms with Crippen LogP contribution in [0.1, 0.15) is 25.0 Å². The molecule has 1 aliphatic rings. The van der Waals surface area contributed by atoms with Gasteiger partial charge < -0.3 is 19.7 Å². The van der Waals surface area contributed by atoms with Crippen LogP contribution in [0.5, 0.6) is 0 Å². The van der Waals surface area contributed by atoms with Crippen molar-refractivity contribution in [2.45, 2.75) is 67.7 Å². The van der Waals surface area contributed by atoms with Crippen molar-refractivity contribution in [3.8, 4) is 0 Å². The van der Waals surface area contributed by atoms with E-state index in [0.29, 0.717) is 9.79 Å². The van der Waals surface area contributed by atoms with Gasteiger partial charge in [0.15, 0.2) is 5.79 Å². The van der Waals surface area contributed by atoms with Crippen molar-refractivity contribution in [1.29, 1.82) is 0 Å². The maximum Gasteiger partial charge on any atom is 0.164 e. The summed E-state index contributed by atoms with van der Waals surface area (Å²) < 4.78 is 37.1. The molecule has 0 spiro atoms. The summed E-state index contributed by atoms with van der Waals surface area (Å²) in [4.78, 5) is 1.22. The van der Waals surface area contributed by atoms with Crippen LogP contribution in [-0.2, 0) is 31.1 Å². The summed E-state index contributed by atoms with van der Waals surface area (Å²) in [5.41, 5.74) is 2.11. The van der Waals surface area contributed by atoms with E-state index in [2.05, 4.69) is 0 Å². The van der Waals surface area contributed by atoms with E-state index in [-0.39, 0.29) is 11.5 Å². The fourth-order valence-electron chi connectivity index (χ4n) is 3.48. The number of aryl methyl sites for hydroxylation is 2. The van der Waals surface area contributed by atoms with Crippen LogP contribution in [0.15, 0.2) is 58.3 Å². The number of ether oxygens (including phenoxy) is 2. The third kappa shape index (κ3) is 6.31. The molecule has 2 aromatic rings. The SMILES string of the molecule is Cc1ccc([S@@](=O)C[C@H](O)[C@H]2OC(C)(C)O[C@@H]2[C@@H](O)C[S@](=O)c2ccc(C)cc2)cc1. The smallest absolute Gasteiger partial charge is 0.164 e. The van der Waals surface area contributed by atoms with Crippen LogP contribution >= 0.6 is 0 Å². The minimum absolute atomic E-state index is 0.0581. The van der Waals surface area contributed by atoms with Crippen molar-refractivity contribution < 1.29 is 28.1 Å². The highest BCUT2D eigenvalue weighted by Gasteiger charge is 2.48. The van der Waals surface area contributed by atoms with Gasteiger partial charge in [-0.25, -0.2) is 0 Å². The second-order valence-electron chi connectivity index (χ2n) is 8.35. The quantitative estimate of drug-likeness (QED) is 0.621. The monoisotopic (exact) mass is 466 g/mol. The summed E-state index contributed by atoms with van der Waals surface area (Å²) in [5, 5.41) is 21.6. The number of rotatable bonds is 8. The fourth-order valence-corrected chi connectivity index (χ4v) is 5.75. The van der Waals surface area contributed by atoms with E-state index in [4.69, 9.17) is 9.47 Å². The van der Waals surface area contributed by atoms with E-state index in [0.717, 1.165) is 11.1 Å². The van der Waals surface area contributed by atoms with Crippen LogP contribution in [0.4, 0.5) is 0 Å². The van der Waals surface area contributed by atoms with Crippen LogP contribution in [0, 0.1) is 13.8 Å². The summed E-state index contributed by atoms with van der Waals surface area (Å²) in [6.45, 7) is 7.26. The second-order valence-corrected chi connectivity index (χ2v) is 11.3. The Kier molecular flexibility index (Phi) is 7.83. The molecule has 0 aromatic heterocycles. The lowest BCUT2D eigenvalue weighted by Gasteiger charge is -2.25. The topological polar surface area (TPSA) is 93.1 Å². The molecule has 1 heterocycles. The molecule has 2 aromatic carbocycles. The third-order valence-corrected chi connectivity index (χ3v) is 8.02. The highest BCUT2D eigenvalue weighted by Crippen LogP contribution is 2.33. The second kappa shape index (κ2) is 10.0. The van der Waals surface area contributed by atoms with Gasteiger partial charge in [-0.15, -0.1) is 0 Å². The first-order valence-electron chi connectivity index (χ1n) is 10.2. The lowest BCUT2D eigenvalue weighted by Crippen LogP contribution is -2.46. The first-order valence-corrected chi connectivity index (χ1v) is 12.8. The Hall–Kier alpha value is -1.42. The van der Waals surface area contributed by atoms with E-state index >= 15 is 0 Å². The van der Waals surface area contributed by atoms with Gasteiger partial charge >= 0.3 is 0 Å². The van der Waals surface area contributed by atoms with Crippen LogP contribution < -0.4 is 0 Å². The standard InChI is InChI=1S/C23H30O6S2/c1-15-5-9-17(10-6-15)30(26)13-19(24)21-22(29-23(3,4)28-21)20(25)14-31(27)18-11-7-16(2)8-12-18/h5-12,19-22,24-25H,13-14H2,1-4H3/t19-,20-,21+,22+,30-,31-/m0/s1. The molecule has 2 N–H and O–H groups in total. The molecule has 170 valence electrons. The first kappa shape index (κ1) is 24.2. The third-order valence-electron chi connectivity index (χ3n) is 5.13. The maximum atomic E-state index is 12.7. The first-order chi connectivity index (χ1) is 14.6. The summed E-state index contributed by atoms with van der Waals surface area (Å²) in [6.07, 6.45) is -4.04. The van der Waals surface area contributed by atoms with Gasteiger partial charge in [-0.05, 0) is 52.0 Å². The van der Waals surface area contributed by atoms with Gasteiger partial charge in [0.1, 0.15) is 12.2 Å². The lowest BCUT2D eigenvalue weighted by atomic mass is 10.1. The van der Waals surface area contributed by atoms with E-state index in [1.165, 1.54) is 0 Å². The zero-order chi connectivity index (χ0) is 22.8. The summed E-state index contributed by atoms with van der Waals surface area (Å²) in [7, 11) is -2.88. The molecule has 31 heavy (non-hydrogen) atoms.